The number of ether oxygens (including phenoxy) is 2. The van der Waals surface area contributed by atoms with E-state index in [1.54, 1.807) is 30.5 Å². The number of hydrogen-bond donors (Lipinski definition) is 1. The van der Waals surface area contributed by atoms with Crippen molar-refractivity contribution in [3.05, 3.63) is 76.7 Å². The molecule has 1 unspecified atom stereocenters. The third kappa shape index (κ3) is 4.63. The molecule has 9 nitrogen and oxygen atoms in total. The van der Waals surface area contributed by atoms with Crippen LogP contribution in [0.15, 0.2) is 60.8 Å². The topological polar surface area (TPSA) is 103 Å². The van der Waals surface area contributed by atoms with Gasteiger partial charge in [-0.15, -0.1) is 0 Å². The van der Waals surface area contributed by atoms with Crippen LogP contribution in [0.5, 0.6) is 11.5 Å². The Hall–Kier alpha value is -4.31. The van der Waals surface area contributed by atoms with Gasteiger partial charge in [0, 0.05) is 30.2 Å². The molecule has 4 aromatic rings. The van der Waals surface area contributed by atoms with Crippen molar-refractivity contribution in [1.82, 2.24) is 14.9 Å². The van der Waals surface area contributed by atoms with Crippen LogP contribution in [0.1, 0.15) is 6.42 Å². The summed E-state index contributed by atoms with van der Waals surface area (Å²) in [4.78, 5) is 22.6. The number of nitro benzene ring substituents is 1. The second-order valence-corrected chi connectivity index (χ2v) is 8.61. The highest BCUT2D eigenvalue weighted by atomic mass is 19.1. The van der Waals surface area contributed by atoms with E-state index in [1.165, 1.54) is 19.2 Å². The first-order valence-corrected chi connectivity index (χ1v) is 11.4. The molecule has 1 saturated heterocycles. The van der Waals surface area contributed by atoms with Crippen molar-refractivity contribution >= 4 is 28.2 Å². The van der Waals surface area contributed by atoms with Gasteiger partial charge in [0.15, 0.2) is 0 Å². The molecule has 1 fully saturated rings. The first-order chi connectivity index (χ1) is 17.4. The largest absolute Gasteiger partial charge is 0.489 e. The van der Waals surface area contributed by atoms with E-state index in [0.29, 0.717) is 23.3 Å². The van der Waals surface area contributed by atoms with Crippen molar-refractivity contribution in [3.8, 4) is 22.6 Å². The Bertz CT molecular complexity index is 1450. The molecule has 0 radical (unpaired) electrons. The first-order valence-electron chi connectivity index (χ1n) is 11.4. The number of likely N-dealkylation sites (tertiary alicyclic amines) is 1. The van der Waals surface area contributed by atoms with Crippen LogP contribution in [0.25, 0.3) is 22.0 Å². The van der Waals surface area contributed by atoms with Crippen LogP contribution in [0, 0.1) is 15.9 Å². The molecule has 3 aromatic carbocycles. The fraction of sp³-hybridized carbons (Fsp3) is 0.231. The zero-order valence-corrected chi connectivity index (χ0v) is 19.8. The number of likely N-dealkylation sites (N-methyl/N-ethyl adjacent to an activating group) is 1. The predicted molar refractivity (Wildman–Crippen MR) is 134 cm³/mol. The monoisotopic (exact) mass is 489 g/mol. The summed E-state index contributed by atoms with van der Waals surface area (Å²) in [5, 5.41) is 15.8. The minimum atomic E-state index is -0.513. The Labute approximate surface area is 206 Å². The minimum Gasteiger partial charge on any atom is -0.489 e. The zero-order valence-electron chi connectivity index (χ0n) is 19.8. The number of nitro groups is 1. The average Bonchev–Trinajstić information content (AvgIpc) is 3.28. The lowest BCUT2D eigenvalue weighted by Crippen LogP contribution is -2.21. The van der Waals surface area contributed by atoms with Gasteiger partial charge in [-0.2, -0.15) is 0 Å². The highest BCUT2D eigenvalue weighted by Crippen LogP contribution is 2.44. The molecule has 0 amide bonds. The summed E-state index contributed by atoms with van der Waals surface area (Å²) < 4.78 is 25.3. The van der Waals surface area contributed by atoms with Crippen molar-refractivity contribution in [3.63, 3.8) is 0 Å². The van der Waals surface area contributed by atoms with Crippen molar-refractivity contribution in [2.45, 2.75) is 12.5 Å². The molecule has 0 bridgehead atoms. The fourth-order valence-electron chi connectivity index (χ4n) is 4.42. The standard InChI is InChI=1S/C26H24FN5O4/c1-31-12-11-19(15-31)36-22-10-9-21(25(35-2)24(22)32(33)34)29-26-28-14-17-6-4-8-20(23(17)30-26)16-5-3-7-18(27)13-16/h3-10,13-14,19H,11-12,15H2,1-2H3,(H,28,29,30). The summed E-state index contributed by atoms with van der Waals surface area (Å²) in [7, 11) is 3.35. The van der Waals surface area contributed by atoms with E-state index >= 15 is 0 Å². The number of para-hydroxylation sites is 1. The summed E-state index contributed by atoms with van der Waals surface area (Å²) in [6.45, 7) is 1.56. The molecule has 5 rings (SSSR count). The molecular formula is C26H24FN5O4. The van der Waals surface area contributed by atoms with E-state index in [0.717, 1.165) is 23.9 Å². The molecule has 1 aromatic heterocycles. The molecule has 0 saturated carbocycles. The third-order valence-electron chi connectivity index (χ3n) is 6.12. The number of anilines is 2. The number of nitrogens with one attached hydrogen (secondary N) is 1. The molecule has 1 aliphatic heterocycles. The van der Waals surface area contributed by atoms with E-state index in [-0.39, 0.29) is 35.1 Å². The molecule has 2 heterocycles. The number of halogens is 1. The molecule has 0 spiro atoms. The lowest BCUT2D eigenvalue weighted by atomic mass is 10.0. The minimum absolute atomic E-state index is 0.0194. The van der Waals surface area contributed by atoms with Crippen LogP contribution in [0.4, 0.5) is 21.7 Å². The molecule has 1 aliphatic rings. The number of hydrogen-bond acceptors (Lipinski definition) is 8. The van der Waals surface area contributed by atoms with Gasteiger partial charge in [-0.1, -0.05) is 30.3 Å². The van der Waals surface area contributed by atoms with Crippen molar-refractivity contribution in [2.75, 3.05) is 32.6 Å². The van der Waals surface area contributed by atoms with Crippen LogP contribution >= 0.6 is 0 Å². The van der Waals surface area contributed by atoms with Crippen LogP contribution < -0.4 is 14.8 Å². The smallest absolute Gasteiger partial charge is 0.354 e. The van der Waals surface area contributed by atoms with E-state index in [9.17, 15) is 14.5 Å². The van der Waals surface area contributed by atoms with E-state index in [1.807, 2.05) is 25.2 Å². The second-order valence-electron chi connectivity index (χ2n) is 8.61. The molecule has 1 N–H and O–H groups in total. The van der Waals surface area contributed by atoms with E-state index in [4.69, 9.17) is 9.47 Å². The Morgan fingerprint density at radius 3 is 2.75 bits per heavy atom. The van der Waals surface area contributed by atoms with E-state index < -0.39 is 4.92 Å². The van der Waals surface area contributed by atoms with Gasteiger partial charge in [0.2, 0.25) is 17.4 Å². The van der Waals surface area contributed by atoms with Gasteiger partial charge < -0.3 is 19.7 Å². The number of fused-ring (bicyclic) bond motifs is 1. The van der Waals surface area contributed by atoms with Gasteiger partial charge in [0.25, 0.3) is 0 Å². The number of nitrogens with zero attached hydrogens (tertiary/aromatic N) is 4. The quantitative estimate of drug-likeness (QED) is 0.280. The summed E-state index contributed by atoms with van der Waals surface area (Å²) in [5.41, 5.74) is 2.08. The number of benzene rings is 3. The van der Waals surface area contributed by atoms with Crippen LogP contribution in [0.2, 0.25) is 0 Å². The maximum Gasteiger partial charge on any atom is 0.354 e. The van der Waals surface area contributed by atoms with Gasteiger partial charge in [-0.25, -0.2) is 14.4 Å². The van der Waals surface area contributed by atoms with Crippen molar-refractivity contribution < 1.29 is 18.8 Å². The normalized spacial score (nSPS) is 15.7. The van der Waals surface area contributed by atoms with Gasteiger partial charge in [0.1, 0.15) is 11.9 Å². The summed E-state index contributed by atoms with van der Waals surface area (Å²) in [6.07, 6.45) is 2.29. The molecule has 10 heteroatoms. The zero-order chi connectivity index (χ0) is 25.2. The number of rotatable bonds is 7. The van der Waals surface area contributed by atoms with Crippen LogP contribution in [-0.2, 0) is 0 Å². The van der Waals surface area contributed by atoms with Gasteiger partial charge >= 0.3 is 5.69 Å². The van der Waals surface area contributed by atoms with Crippen LogP contribution in [0.3, 0.4) is 0 Å². The highest BCUT2D eigenvalue weighted by Gasteiger charge is 2.30. The molecule has 184 valence electrons. The van der Waals surface area contributed by atoms with Crippen molar-refractivity contribution in [2.24, 2.45) is 0 Å². The molecule has 0 aliphatic carbocycles. The summed E-state index contributed by atoms with van der Waals surface area (Å²) in [5.74, 6) is 0.0343. The first kappa shape index (κ1) is 23.4. The van der Waals surface area contributed by atoms with Gasteiger partial charge in [-0.3, -0.25) is 10.1 Å². The summed E-state index contributed by atoms with van der Waals surface area (Å²) in [6, 6.07) is 15.0. The van der Waals surface area contributed by atoms with E-state index in [2.05, 4.69) is 20.2 Å². The Morgan fingerprint density at radius 1 is 1.19 bits per heavy atom. The second kappa shape index (κ2) is 9.74. The third-order valence-corrected chi connectivity index (χ3v) is 6.12. The Balaban J connectivity index is 1.52. The molecular weight excluding hydrogens is 465 g/mol. The fourth-order valence-corrected chi connectivity index (χ4v) is 4.42. The maximum absolute atomic E-state index is 13.9. The lowest BCUT2D eigenvalue weighted by molar-refractivity contribution is -0.386. The van der Waals surface area contributed by atoms with Gasteiger partial charge in [0.05, 0.1) is 23.2 Å². The average molecular weight is 490 g/mol. The Kier molecular flexibility index (Phi) is 6.34. The van der Waals surface area contributed by atoms with Crippen molar-refractivity contribution in [1.29, 1.82) is 0 Å². The molecule has 1 atom stereocenters. The predicted octanol–water partition coefficient (Wildman–Crippen LogP) is 5.18. The van der Waals surface area contributed by atoms with Crippen LogP contribution in [-0.4, -0.2) is 53.1 Å². The Morgan fingerprint density at radius 2 is 2.03 bits per heavy atom. The number of aromatic nitrogens is 2. The SMILES string of the molecule is COc1c(Nc2ncc3cccc(-c4cccc(F)c4)c3n2)ccc(OC2CCN(C)C2)c1[N+](=O)[O-]. The van der Waals surface area contributed by atoms with Gasteiger partial charge in [-0.05, 0) is 43.3 Å². The maximum atomic E-state index is 13.9. The highest BCUT2D eigenvalue weighted by molar-refractivity contribution is 5.94. The lowest BCUT2D eigenvalue weighted by Gasteiger charge is -2.17. The number of methoxy groups -OCH3 is 1. The molecule has 36 heavy (non-hydrogen) atoms. The summed E-state index contributed by atoms with van der Waals surface area (Å²) >= 11 is 0.